The van der Waals surface area contributed by atoms with Gasteiger partial charge in [-0.3, -0.25) is 13.9 Å². The minimum absolute atomic E-state index is 0.102. The third-order valence-electron chi connectivity index (χ3n) is 4.42. The van der Waals surface area contributed by atoms with E-state index in [0.29, 0.717) is 25.2 Å². The summed E-state index contributed by atoms with van der Waals surface area (Å²) in [5.74, 6) is 1.48. The standard InChI is InChI=1S/C14H24NO4P/c1-14(2)9-17-20(16,18-10-14)19-12-5-4-11-6-7-15(3)13(11)8-12/h8,11,13H,4-7,9-10H2,1-3H3. The van der Waals surface area contributed by atoms with E-state index in [4.69, 9.17) is 13.6 Å². The molecule has 1 aliphatic carbocycles. The lowest BCUT2D eigenvalue weighted by Gasteiger charge is -2.34. The Morgan fingerprint density at radius 3 is 2.75 bits per heavy atom. The van der Waals surface area contributed by atoms with Crippen LogP contribution in [0.2, 0.25) is 0 Å². The first kappa shape index (κ1) is 14.6. The summed E-state index contributed by atoms with van der Waals surface area (Å²) in [6.45, 7) is 5.98. The Hall–Kier alpha value is -0.350. The van der Waals surface area contributed by atoms with Crippen molar-refractivity contribution in [2.75, 3.05) is 26.8 Å². The maximum absolute atomic E-state index is 12.4. The van der Waals surface area contributed by atoms with E-state index in [2.05, 4.69) is 18.0 Å². The molecule has 3 rings (SSSR count). The first-order valence-corrected chi connectivity index (χ1v) is 8.83. The molecule has 3 aliphatic rings. The van der Waals surface area contributed by atoms with Crippen LogP contribution in [0.5, 0.6) is 0 Å². The van der Waals surface area contributed by atoms with Gasteiger partial charge in [-0.2, -0.15) is 0 Å². The van der Waals surface area contributed by atoms with Crippen molar-refractivity contribution in [3.63, 3.8) is 0 Å². The highest BCUT2D eigenvalue weighted by atomic mass is 31.2. The van der Waals surface area contributed by atoms with Crippen LogP contribution in [0.4, 0.5) is 0 Å². The summed E-state index contributed by atoms with van der Waals surface area (Å²) in [6.07, 6.45) is 5.26. The fourth-order valence-corrected chi connectivity index (χ4v) is 4.72. The van der Waals surface area contributed by atoms with Crippen LogP contribution in [0.25, 0.3) is 0 Å². The van der Waals surface area contributed by atoms with Gasteiger partial charge in [0.2, 0.25) is 0 Å². The molecular formula is C14H24NO4P. The third kappa shape index (κ3) is 2.96. The maximum Gasteiger partial charge on any atom is 0.529 e. The first-order valence-electron chi connectivity index (χ1n) is 7.37. The van der Waals surface area contributed by atoms with Crippen molar-refractivity contribution < 1.29 is 18.1 Å². The lowest BCUT2D eigenvalue weighted by molar-refractivity contribution is 0.00815. The van der Waals surface area contributed by atoms with Gasteiger partial charge in [-0.15, -0.1) is 0 Å². The van der Waals surface area contributed by atoms with Gasteiger partial charge in [-0.1, -0.05) is 13.8 Å². The van der Waals surface area contributed by atoms with E-state index < -0.39 is 7.82 Å². The molecule has 0 aromatic carbocycles. The highest BCUT2D eigenvalue weighted by molar-refractivity contribution is 7.48. The molecule has 0 N–H and O–H groups in total. The SMILES string of the molecule is CN1CCC2CCC(OP3(=O)OCC(C)(C)CO3)=CC21. The lowest BCUT2D eigenvalue weighted by atomic mass is 9.89. The number of hydrogen-bond acceptors (Lipinski definition) is 5. The normalized spacial score (nSPS) is 36.2. The zero-order valence-electron chi connectivity index (χ0n) is 12.5. The van der Waals surface area contributed by atoms with E-state index >= 15 is 0 Å². The molecule has 0 saturated carbocycles. The molecule has 0 radical (unpaired) electrons. The lowest BCUT2D eigenvalue weighted by Crippen LogP contribution is -2.31. The molecular weight excluding hydrogens is 277 g/mol. The number of phosphoric acid groups is 1. The topological polar surface area (TPSA) is 48.0 Å². The Bertz CT molecular complexity index is 448. The second-order valence-electron chi connectivity index (χ2n) is 6.94. The van der Waals surface area contributed by atoms with Crippen molar-refractivity contribution in [3.05, 3.63) is 11.8 Å². The Morgan fingerprint density at radius 2 is 2.05 bits per heavy atom. The molecule has 20 heavy (non-hydrogen) atoms. The summed E-state index contributed by atoms with van der Waals surface area (Å²) in [5, 5.41) is 0. The van der Waals surface area contributed by atoms with Crippen molar-refractivity contribution in [3.8, 4) is 0 Å². The first-order chi connectivity index (χ1) is 9.37. The van der Waals surface area contributed by atoms with Crippen molar-refractivity contribution in [1.29, 1.82) is 0 Å². The van der Waals surface area contributed by atoms with Crippen LogP contribution < -0.4 is 0 Å². The van der Waals surface area contributed by atoms with Crippen LogP contribution >= 0.6 is 7.82 Å². The molecule has 0 amide bonds. The monoisotopic (exact) mass is 301 g/mol. The van der Waals surface area contributed by atoms with Crippen LogP contribution in [0.3, 0.4) is 0 Å². The smallest absolute Gasteiger partial charge is 0.409 e. The molecule has 2 aliphatic heterocycles. The number of likely N-dealkylation sites (tertiary alicyclic amines) is 1. The Labute approximate surface area is 120 Å². The van der Waals surface area contributed by atoms with Gasteiger partial charge >= 0.3 is 7.82 Å². The highest BCUT2D eigenvalue weighted by Crippen LogP contribution is 2.57. The largest absolute Gasteiger partial charge is 0.529 e. The van der Waals surface area contributed by atoms with Gasteiger partial charge in [0.1, 0.15) is 5.76 Å². The molecule has 0 aromatic rings. The molecule has 2 unspecified atom stereocenters. The van der Waals surface area contributed by atoms with E-state index in [1.807, 2.05) is 13.8 Å². The van der Waals surface area contributed by atoms with Gasteiger partial charge in [0.05, 0.1) is 13.2 Å². The molecule has 114 valence electrons. The number of fused-ring (bicyclic) bond motifs is 1. The minimum atomic E-state index is -3.40. The average Bonchev–Trinajstić information content (AvgIpc) is 2.76. The van der Waals surface area contributed by atoms with Gasteiger partial charge in [0.25, 0.3) is 0 Å². The Balaban J connectivity index is 1.66. The summed E-state index contributed by atoms with van der Waals surface area (Å²) in [6, 6.07) is 0.409. The number of hydrogen-bond donors (Lipinski definition) is 0. The molecule has 2 atom stereocenters. The minimum Gasteiger partial charge on any atom is -0.409 e. The zero-order valence-corrected chi connectivity index (χ0v) is 13.4. The summed E-state index contributed by atoms with van der Waals surface area (Å²) >= 11 is 0. The third-order valence-corrected chi connectivity index (χ3v) is 5.77. The summed E-state index contributed by atoms with van der Waals surface area (Å²) < 4.78 is 28.8. The summed E-state index contributed by atoms with van der Waals surface area (Å²) in [4.78, 5) is 2.33. The van der Waals surface area contributed by atoms with Crippen LogP contribution in [0, 0.1) is 11.3 Å². The number of phosphoric ester groups is 1. The number of allylic oxidation sites excluding steroid dienone is 1. The Kier molecular flexibility index (Phi) is 3.74. The van der Waals surface area contributed by atoms with Gasteiger partial charge < -0.3 is 4.52 Å². The maximum atomic E-state index is 12.4. The van der Waals surface area contributed by atoms with Crippen LogP contribution in [-0.2, 0) is 18.1 Å². The summed E-state index contributed by atoms with van der Waals surface area (Å²) in [7, 11) is -1.28. The number of nitrogens with zero attached hydrogens (tertiary/aromatic N) is 1. The van der Waals surface area contributed by atoms with Crippen LogP contribution in [0.1, 0.15) is 33.1 Å². The fraction of sp³-hybridized carbons (Fsp3) is 0.857. The predicted octanol–water partition coefficient (Wildman–Crippen LogP) is 3.18. The number of likely N-dealkylation sites (N-methyl/N-ethyl adjacent to an activating group) is 1. The van der Waals surface area contributed by atoms with Crippen molar-refractivity contribution in [2.24, 2.45) is 11.3 Å². The fourth-order valence-electron chi connectivity index (χ4n) is 3.09. The predicted molar refractivity (Wildman–Crippen MR) is 76.2 cm³/mol. The summed E-state index contributed by atoms with van der Waals surface area (Å²) in [5.41, 5.74) is -0.102. The highest BCUT2D eigenvalue weighted by Gasteiger charge is 2.41. The number of rotatable bonds is 2. The van der Waals surface area contributed by atoms with E-state index in [9.17, 15) is 4.57 Å². The average molecular weight is 301 g/mol. The van der Waals surface area contributed by atoms with E-state index in [1.54, 1.807) is 0 Å². The van der Waals surface area contributed by atoms with Gasteiger partial charge in [0.15, 0.2) is 0 Å². The Morgan fingerprint density at radius 1 is 1.35 bits per heavy atom. The van der Waals surface area contributed by atoms with Crippen LogP contribution in [0.15, 0.2) is 11.8 Å². The van der Waals surface area contributed by atoms with Gasteiger partial charge in [0, 0.05) is 17.9 Å². The molecule has 0 bridgehead atoms. The van der Waals surface area contributed by atoms with Gasteiger partial charge in [-0.25, -0.2) is 4.57 Å². The van der Waals surface area contributed by atoms with Crippen molar-refractivity contribution >= 4 is 7.82 Å². The van der Waals surface area contributed by atoms with E-state index in [0.717, 1.165) is 25.1 Å². The molecule has 2 saturated heterocycles. The molecule has 2 heterocycles. The second kappa shape index (κ2) is 5.13. The molecule has 0 spiro atoms. The zero-order chi connectivity index (χ0) is 14.4. The second-order valence-corrected chi connectivity index (χ2v) is 8.53. The van der Waals surface area contributed by atoms with Crippen LogP contribution in [-0.4, -0.2) is 37.7 Å². The molecule has 0 aromatic heterocycles. The van der Waals surface area contributed by atoms with E-state index in [-0.39, 0.29) is 5.41 Å². The quantitative estimate of drug-likeness (QED) is 0.733. The molecule has 5 nitrogen and oxygen atoms in total. The van der Waals surface area contributed by atoms with E-state index in [1.165, 1.54) is 6.42 Å². The molecule has 6 heteroatoms. The molecule has 2 fully saturated rings. The van der Waals surface area contributed by atoms with Crippen molar-refractivity contribution in [2.45, 2.75) is 39.2 Å². The van der Waals surface area contributed by atoms with Gasteiger partial charge in [-0.05, 0) is 38.4 Å². The van der Waals surface area contributed by atoms with Crippen molar-refractivity contribution in [1.82, 2.24) is 4.90 Å².